The minimum atomic E-state index is -0.918. The molecule has 6 aromatic carbocycles. The first kappa shape index (κ1) is 74.4. The van der Waals surface area contributed by atoms with Gasteiger partial charge in [-0.1, -0.05) is 217 Å². The molecule has 0 radical (unpaired) electrons. The van der Waals surface area contributed by atoms with E-state index in [4.69, 9.17) is 0 Å². The van der Waals surface area contributed by atoms with Crippen molar-refractivity contribution in [2.24, 2.45) is 0 Å². The molecule has 85 heavy (non-hydrogen) atoms. The molecule has 3 heteroatoms. The molecule has 0 fully saturated rings. The third-order valence-electron chi connectivity index (χ3n) is 18.2. The summed E-state index contributed by atoms with van der Waals surface area (Å²) in [5.74, 6) is 0. The summed E-state index contributed by atoms with van der Waals surface area (Å²) in [6, 6.07) is 39.8. The maximum absolute atomic E-state index is 2.76. The molecule has 474 valence electrons. The quantitative estimate of drug-likeness (QED) is 0.0265. The topological polar surface area (TPSA) is 0 Å². The molecule has 0 aliphatic heterocycles. The van der Waals surface area contributed by atoms with Crippen LogP contribution in [0.3, 0.4) is 0 Å². The second kappa shape index (κ2) is 43.6. The Morgan fingerprint density at radius 3 is 0.753 bits per heavy atom. The van der Waals surface area contributed by atoms with Gasteiger partial charge < -0.3 is 30.3 Å². The van der Waals surface area contributed by atoms with Gasteiger partial charge in [-0.2, -0.15) is 6.07 Å². The van der Waals surface area contributed by atoms with Crippen LogP contribution in [0, 0.1) is 0 Å². The van der Waals surface area contributed by atoms with Crippen molar-refractivity contribution in [2.75, 3.05) is 0 Å². The molecule has 0 amide bonds. The van der Waals surface area contributed by atoms with E-state index >= 15 is 0 Å². The summed E-state index contributed by atoms with van der Waals surface area (Å²) in [4.78, 5) is 0. The predicted molar refractivity (Wildman–Crippen MR) is 385 cm³/mol. The summed E-state index contributed by atoms with van der Waals surface area (Å²) >= 11 is 0. The number of rotatable bonds is 42. The van der Waals surface area contributed by atoms with E-state index in [2.05, 4.69) is 150 Å². The molecule has 0 saturated carbocycles. The summed E-state index contributed by atoms with van der Waals surface area (Å²) in [5.41, 5.74) is 20.5. The van der Waals surface area contributed by atoms with Crippen LogP contribution in [0.1, 0.15) is 304 Å². The fourth-order valence-electron chi connectivity index (χ4n) is 13.2. The van der Waals surface area contributed by atoms with Crippen LogP contribution < -0.4 is 31.8 Å². The van der Waals surface area contributed by atoms with Crippen molar-refractivity contribution < 1.29 is 17.4 Å². The van der Waals surface area contributed by atoms with Gasteiger partial charge in [-0.3, -0.25) is 0 Å². The van der Waals surface area contributed by atoms with Gasteiger partial charge >= 0.3 is 0 Å². The van der Waals surface area contributed by atoms with Gasteiger partial charge in [0.05, 0.1) is 0 Å². The largest absolute Gasteiger partial charge is 0.748 e. The standard InChI is InChI=1S/C77H119P2.C5H5.Cr/c1-13-25-38-60-52-56-72(68(46-33-21-9)64(60)42-29-17-5)78(73-57-53-61(39-26-14-2)65(43-30-18-6)69(73)47-34-22-10)76-50-37-51-77(76)79(74-58-54-62(40-27-15-3)66(44-31-19-7)70(74)48-35-23-11)75-59-55-63(41-28-16-4)67(45-32-20-8)71(75)49-36-24-12;1-2-4-5-3-1;/h37,50-59H,13-36,38-49H2,1-12H3;1-5H;/q-1;-5;. The Morgan fingerprint density at radius 1 is 0.271 bits per heavy atom. The zero-order valence-electron chi connectivity index (χ0n) is 57.0. The Morgan fingerprint density at radius 2 is 0.494 bits per heavy atom. The van der Waals surface area contributed by atoms with Crippen molar-refractivity contribution in [1.29, 1.82) is 0 Å². The molecular weight excluding hydrogens is 1100 g/mol. The van der Waals surface area contributed by atoms with E-state index in [1.54, 1.807) is 98.6 Å². The molecule has 0 aliphatic carbocycles. The van der Waals surface area contributed by atoms with Crippen LogP contribution in [0.25, 0.3) is 0 Å². The molecule has 0 aromatic heterocycles. The van der Waals surface area contributed by atoms with Crippen molar-refractivity contribution >= 4 is 47.7 Å². The minimum Gasteiger partial charge on any atom is -0.748 e. The van der Waals surface area contributed by atoms with E-state index in [1.807, 2.05) is 30.3 Å². The average Bonchev–Trinajstić information content (AvgIpc) is 2.67. The van der Waals surface area contributed by atoms with E-state index in [1.165, 1.54) is 231 Å². The number of unbranched alkanes of at least 4 members (excludes halogenated alkanes) is 12. The molecule has 6 aromatic rings. The Labute approximate surface area is 539 Å². The first-order valence-corrected chi connectivity index (χ1v) is 38.6. The maximum atomic E-state index is 2.76. The molecular formula is C82H124CrP2-6. The van der Waals surface area contributed by atoms with Gasteiger partial charge in [0.2, 0.25) is 0 Å². The summed E-state index contributed by atoms with van der Waals surface area (Å²) < 4.78 is 0. The van der Waals surface area contributed by atoms with E-state index in [-0.39, 0.29) is 17.4 Å². The number of hydrogen-bond acceptors (Lipinski definition) is 0. The molecule has 6 rings (SSSR count). The second-order valence-electron chi connectivity index (χ2n) is 25.0. The Kier molecular flexibility index (Phi) is 38.2. The van der Waals surface area contributed by atoms with Crippen molar-refractivity contribution in [2.45, 2.75) is 314 Å². The van der Waals surface area contributed by atoms with Gasteiger partial charge in [0, 0.05) is 17.4 Å². The van der Waals surface area contributed by atoms with Gasteiger partial charge in [-0.05, 0) is 250 Å². The zero-order valence-corrected chi connectivity index (χ0v) is 60.1. The average molecular weight is 1220 g/mol. The number of benzene rings is 4. The van der Waals surface area contributed by atoms with Crippen LogP contribution in [-0.4, -0.2) is 0 Å². The third kappa shape index (κ3) is 21.9. The molecule has 0 nitrogen and oxygen atoms in total. The first-order valence-electron chi connectivity index (χ1n) is 35.9. The van der Waals surface area contributed by atoms with Crippen LogP contribution >= 0.6 is 15.8 Å². The van der Waals surface area contributed by atoms with Crippen LogP contribution in [0.4, 0.5) is 0 Å². The van der Waals surface area contributed by atoms with Gasteiger partial charge in [0.25, 0.3) is 0 Å². The van der Waals surface area contributed by atoms with E-state index in [0.717, 1.165) is 0 Å². The SMILES string of the molecule is CCCCc1ccc(P(c2ccc(CCCC)c(CCCC)c2CCCC)c2ccc[c-]2P(c2ccc(CCCC)c(CCCC)c2CCCC)c2ccc(CCCC)c(CCCC)c2CCCC)c(CCCC)c1CCCC.[Cr].[cH-]1[cH-][cH-][cH-][cH-]1. The second-order valence-corrected chi connectivity index (χ2v) is 29.2. The van der Waals surface area contributed by atoms with Crippen molar-refractivity contribution in [1.82, 2.24) is 0 Å². The molecule has 0 N–H and O–H groups in total. The summed E-state index contributed by atoms with van der Waals surface area (Å²) in [7, 11) is -1.84. The summed E-state index contributed by atoms with van der Waals surface area (Å²) in [5, 5.41) is 10.2. The van der Waals surface area contributed by atoms with Crippen LogP contribution in [0.5, 0.6) is 0 Å². The van der Waals surface area contributed by atoms with Crippen LogP contribution in [0.2, 0.25) is 0 Å². The molecule has 0 bridgehead atoms. The fourth-order valence-corrected chi connectivity index (χ4v) is 19.4. The Hall–Kier alpha value is -3.03. The van der Waals surface area contributed by atoms with Crippen LogP contribution in [0.15, 0.2) is 97.1 Å². The number of aryl methyl sites for hydroxylation is 4. The smallest absolute Gasteiger partial charge is 0 e. The number of hydrogen-bond donors (Lipinski definition) is 0. The fraction of sp³-hybridized carbons (Fsp3) is 0.585. The Bertz CT molecular complexity index is 2360. The summed E-state index contributed by atoms with van der Waals surface area (Å²) in [6.45, 7) is 29.0. The molecule has 0 aliphatic rings. The van der Waals surface area contributed by atoms with Crippen LogP contribution in [-0.2, 0) is 94.4 Å². The predicted octanol–water partition coefficient (Wildman–Crippen LogP) is 22.4. The van der Waals surface area contributed by atoms with Gasteiger partial charge in [0.1, 0.15) is 0 Å². The molecule has 0 heterocycles. The molecule has 0 atom stereocenters. The normalized spacial score (nSPS) is 11.5. The van der Waals surface area contributed by atoms with E-state index in [0.29, 0.717) is 0 Å². The van der Waals surface area contributed by atoms with Crippen molar-refractivity contribution in [3.8, 4) is 0 Å². The summed E-state index contributed by atoms with van der Waals surface area (Å²) in [6.07, 6.45) is 44.5. The van der Waals surface area contributed by atoms with E-state index < -0.39 is 15.8 Å². The third-order valence-corrected chi connectivity index (χ3v) is 23.7. The molecule has 0 unspecified atom stereocenters. The maximum Gasteiger partial charge on any atom is 0 e. The monoisotopic (exact) mass is 1220 g/mol. The molecule has 0 spiro atoms. The van der Waals surface area contributed by atoms with Gasteiger partial charge in [0.15, 0.2) is 0 Å². The van der Waals surface area contributed by atoms with Crippen molar-refractivity contribution in [3.05, 3.63) is 164 Å². The first-order chi connectivity index (χ1) is 41.3. The van der Waals surface area contributed by atoms with Crippen molar-refractivity contribution in [3.63, 3.8) is 0 Å². The minimum absolute atomic E-state index is 0. The van der Waals surface area contributed by atoms with Gasteiger partial charge in [-0.25, -0.2) is 12.1 Å². The zero-order chi connectivity index (χ0) is 60.3. The van der Waals surface area contributed by atoms with Gasteiger partial charge in [-0.15, -0.1) is 10.6 Å². The van der Waals surface area contributed by atoms with E-state index in [9.17, 15) is 0 Å². The molecule has 0 saturated heterocycles. The Balaban J connectivity index is 0.00000245.